The van der Waals surface area contributed by atoms with Crippen molar-refractivity contribution in [2.75, 3.05) is 0 Å². The van der Waals surface area contributed by atoms with Gasteiger partial charge in [-0.1, -0.05) is 165 Å². The van der Waals surface area contributed by atoms with E-state index in [9.17, 15) is 5.11 Å². The Morgan fingerprint density at radius 2 is 1.03 bits per heavy atom. The fraction of sp³-hybridized carbons (Fsp3) is 0.355. The van der Waals surface area contributed by atoms with Crippen molar-refractivity contribution in [1.82, 2.24) is 14.5 Å². The highest BCUT2D eigenvalue weighted by molar-refractivity contribution is 6.01. The smallest absolute Gasteiger partial charge is 0.149 e. The summed E-state index contributed by atoms with van der Waals surface area (Å²) >= 11 is 0. The van der Waals surface area contributed by atoms with Crippen LogP contribution in [0.2, 0.25) is 0 Å². The van der Waals surface area contributed by atoms with E-state index in [0.29, 0.717) is 11.4 Å². The molecule has 4 nitrogen and oxygen atoms in total. The number of pyridine rings is 1. The van der Waals surface area contributed by atoms with E-state index in [4.69, 9.17) is 9.97 Å². The second-order valence-electron chi connectivity index (χ2n) is 24.2. The van der Waals surface area contributed by atoms with Gasteiger partial charge in [0.15, 0.2) is 0 Å². The fourth-order valence-electron chi connectivity index (χ4n) is 10.5. The zero-order chi connectivity index (χ0) is 47.9. The summed E-state index contributed by atoms with van der Waals surface area (Å²) in [7, 11) is 0. The summed E-state index contributed by atoms with van der Waals surface area (Å²) in [6.07, 6.45) is 1.91. The molecule has 6 aromatic carbocycles. The average Bonchev–Trinajstić information content (AvgIpc) is 3.60. The van der Waals surface area contributed by atoms with Crippen molar-refractivity contribution >= 4 is 21.9 Å². The molecule has 0 bridgehead atoms. The summed E-state index contributed by atoms with van der Waals surface area (Å²) in [5.74, 6) is 1.11. The molecular formula is C62H71N3O. The van der Waals surface area contributed by atoms with Crippen LogP contribution in [0.15, 0.2) is 128 Å². The van der Waals surface area contributed by atoms with Gasteiger partial charge in [-0.05, 0) is 151 Å². The maximum absolute atomic E-state index is 11.9. The number of fused-ring (bicyclic) bond motifs is 2. The second-order valence-corrected chi connectivity index (χ2v) is 24.2. The van der Waals surface area contributed by atoms with Gasteiger partial charge in [-0.3, -0.25) is 9.55 Å². The third kappa shape index (κ3) is 9.09. The van der Waals surface area contributed by atoms with Crippen LogP contribution in [-0.2, 0) is 16.2 Å². The fourth-order valence-corrected chi connectivity index (χ4v) is 10.5. The Balaban J connectivity index is 1.54. The van der Waals surface area contributed by atoms with E-state index in [1.54, 1.807) is 0 Å². The van der Waals surface area contributed by atoms with Gasteiger partial charge in [-0.2, -0.15) is 0 Å². The van der Waals surface area contributed by atoms with Crippen LogP contribution in [0.5, 0.6) is 5.75 Å². The largest absolute Gasteiger partial charge is 0.507 e. The predicted molar refractivity (Wildman–Crippen MR) is 282 cm³/mol. The van der Waals surface area contributed by atoms with Crippen LogP contribution < -0.4 is 0 Å². The summed E-state index contributed by atoms with van der Waals surface area (Å²) in [4.78, 5) is 10.7. The first-order chi connectivity index (χ1) is 30.7. The summed E-state index contributed by atoms with van der Waals surface area (Å²) in [6, 6.07) is 44.6. The normalized spacial score (nSPS) is 13.0. The van der Waals surface area contributed by atoms with Crippen molar-refractivity contribution in [3.8, 4) is 56.2 Å². The van der Waals surface area contributed by atoms with Gasteiger partial charge in [0.1, 0.15) is 11.6 Å². The average molecular weight is 874 g/mol. The minimum atomic E-state index is -0.145. The molecule has 0 aliphatic rings. The summed E-state index contributed by atoms with van der Waals surface area (Å²) in [6.45, 7) is 36.6. The van der Waals surface area contributed by atoms with Crippen molar-refractivity contribution in [2.24, 2.45) is 10.8 Å². The Kier molecular flexibility index (Phi) is 11.6. The van der Waals surface area contributed by atoms with Gasteiger partial charge in [-0.25, -0.2) is 4.98 Å². The molecule has 0 atom stereocenters. The lowest BCUT2D eigenvalue weighted by molar-refractivity contribution is 0.176. The monoisotopic (exact) mass is 874 g/mol. The van der Waals surface area contributed by atoms with Gasteiger partial charge >= 0.3 is 0 Å². The Morgan fingerprint density at radius 3 is 1.59 bits per heavy atom. The molecule has 4 heteroatoms. The highest BCUT2D eigenvalue weighted by Crippen LogP contribution is 2.50. The molecule has 0 amide bonds. The van der Waals surface area contributed by atoms with Crippen LogP contribution in [0.25, 0.3) is 72.4 Å². The van der Waals surface area contributed by atoms with Crippen LogP contribution in [0.3, 0.4) is 0 Å². The number of rotatable bonds is 6. The zero-order valence-corrected chi connectivity index (χ0v) is 42.5. The standard InChI is InChI=1S/C62H71N3O/c1-38-30-40-18-17-29-63-54(40)49(31-38)42-32-43(34-44(33-42)56(61(11,12)13)62(14,15)16)50-35-41(39-19-21-45(22-20-39)58(2,3)4)36-52-55(50)64-57(51-37-47(60(8,9)10)25-28-53(51)66)65(52)48-26-23-46(24-27-48)59(5,6)7/h17-37,56,66H,1-16H3. The topological polar surface area (TPSA) is 50.9 Å². The van der Waals surface area contributed by atoms with E-state index in [1.165, 1.54) is 22.3 Å². The number of hydrogen-bond donors (Lipinski definition) is 1. The number of aromatic nitrogens is 3. The number of aryl methyl sites for hydroxylation is 1. The molecule has 0 spiro atoms. The van der Waals surface area contributed by atoms with Crippen LogP contribution >= 0.6 is 0 Å². The number of imidazole rings is 1. The van der Waals surface area contributed by atoms with Crippen LogP contribution in [0.1, 0.15) is 138 Å². The maximum atomic E-state index is 11.9. The molecule has 0 aliphatic carbocycles. The molecule has 8 aromatic rings. The number of nitrogens with zero attached hydrogens (tertiary/aromatic N) is 3. The van der Waals surface area contributed by atoms with Crippen molar-refractivity contribution in [3.05, 3.63) is 155 Å². The van der Waals surface area contributed by atoms with Gasteiger partial charge in [0.25, 0.3) is 0 Å². The van der Waals surface area contributed by atoms with Gasteiger partial charge < -0.3 is 5.11 Å². The quantitative estimate of drug-likeness (QED) is 0.181. The molecule has 0 saturated heterocycles. The first-order valence-electron chi connectivity index (χ1n) is 23.8. The van der Waals surface area contributed by atoms with Crippen molar-refractivity contribution in [3.63, 3.8) is 0 Å². The molecule has 0 radical (unpaired) electrons. The lowest BCUT2D eigenvalue weighted by Crippen LogP contribution is -2.30. The van der Waals surface area contributed by atoms with E-state index in [2.05, 4.69) is 218 Å². The van der Waals surface area contributed by atoms with Gasteiger partial charge in [-0.15, -0.1) is 0 Å². The van der Waals surface area contributed by atoms with E-state index < -0.39 is 0 Å². The highest BCUT2D eigenvalue weighted by atomic mass is 16.3. The van der Waals surface area contributed by atoms with E-state index >= 15 is 0 Å². The summed E-state index contributed by atoms with van der Waals surface area (Å²) < 4.78 is 2.27. The molecule has 340 valence electrons. The first-order valence-corrected chi connectivity index (χ1v) is 23.8. The third-order valence-corrected chi connectivity index (χ3v) is 13.4. The highest BCUT2D eigenvalue weighted by Gasteiger charge is 2.37. The van der Waals surface area contributed by atoms with E-state index in [1.807, 2.05) is 24.4 Å². The van der Waals surface area contributed by atoms with Gasteiger partial charge in [0.05, 0.1) is 22.1 Å². The van der Waals surface area contributed by atoms with Gasteiger partial charge in [0.2, 0.25) is 0 Å². The van der Waals surface area contributed by atoms with Crippen LogP contribution in [0, 0.1) is 17.8 Å². The maximum Gasteiger partial charge on any atom is 0.149 e. The zero-order valence-electron chi connectivity index (χ0n) is 42.5. The summed E-state index contributed by atoms with van der Waals surface area (Å²) in [5.41, 5.74) is 17.1. The van der Waals surface area contributed by atoms with E-state index in [0.717, 1.165) is 66.6 Å². The Bertz CT molecular complexity index is 3080. The lowest BCUT2D eigenvalue weighted by atomic mass is 9.63. The lowest BCUT2D eigenvalue weighted by Gasteiger charge is -2.41. The number of benzene rings is 6. The van der Waals surface area contributed by atoms with Crippen LogP contribution in [-0.4, -0.2) is 19.6 Å². The number of aromatic hydroxyl groups is 1. The number of phenols is 1. The molecule has 8 rings (SSSR count). The van der Waals surface area contributed by atoms with Crippen molar-refractivity contribution < 1.29 is 5.11 Å². The second kappa shape index (κ2) is 16.4. The molecule has 2 heterocycles. The molecule has 0 fully saturated rings. The first kappa shape index (κ1) is 46.5. The Labute approximate surface area is 395 Å². The molecule has 0 unspecified atom stereocenters. The number of phenolic OH excluding ortho intramolecular Hbond substituents is 1. The van der Waals surface area contributed by atoms with Crippen molar-refractivity contribution in [1.29, 1.82) is 0 Å². The van der Waals surface area contributed by atoms with Gasteiger partial charge in [0, 0.05) is 28.4 Å². The SMILES string of the molecule is Cc1cc(-c2cc(-c3cc(-c4ccc(C(C)(C)C)cc4)cc4c3nc(-c3cc(C(C)(C)C)ccc3O)n4-c3ccc(C(C)(C)C)cc3)cc(C(C(C)(C)C)C(C)(C)C)c2)c2ncccc2c1. The molecule has 66 heavy (non-hydrogen) atoms. The molecule has 0 saturated carbocycles. The van der Waals surface area contributed by atoms with E-state index in [-0.39, 0.29) is 38.7 Å². The minimum absolute atomic E-state index is 0.0178. The molecule has 2 aromatic heterocycles. The summed E-state index contributed by atoms with van der Waals surface area (Å²) in [5, 5.41) is 13.0. The predicted octanol–water partition coefficient (Wildman–Crippen LogP) is 17.3. The Morgan fingerprint density at radius 1 is 0.485 bits per heavy atom. The third-order valence-electron chi connectivity index (χ3n) is 13.4. The Hall–Kier alpha value is -6.00. The minimum Gasteiger partial charge on any atom is -0.507 e. The van der Waals surface area contributed by atoms with Crippen molar-refractivity contribution in [2.45, 2.75) is 133 Å². The number of hydrogen-bond acceptors (Lipinski definition) is 3. The molecular weight excluding hydrogens is 803 g/mol. The van der Waals surface area contributed by atoms with Crippen LogP contribution in [0.4, 0.5) is 0 Å². The molecule has 1 N–H and O–H groups in total. The molecule has 0 aliphatic heterocycles.